The van der Waals surface area contributed by atoms with Gasteiger partial charge in [-0.15, -0.1) is 0 Å². The molecular formula is C22H33N3O2. The molecular weight excluding hydrogens is 338 g/mol. The van der Waals surface area contributed by atoms with Gasteiger partial charge in [0.25, 0.3) is 0 Å². The zero-order chi connectivity index (χ0) is 19.3. The molecule has 1 aliphatic rings. The summed E-state index contributed by atoms with van der Waals surface area (Å²) >= 11 is 0. The lowest BCUT2D eigenvalue weighted by Gasteiger charge is -2.21. The van der Waals surface area contributed by atoms with E-state index in [1.54, 1.807) is 0 Å². The fourth-order valence-corrected chi connectivity index (χ4v) is 4.05. The third-order valence-electron chi connectivity index (χ3n) is 5.69. The van der Waals surface area contributed by atoms with Gasteiger partial charge in [0.15, 0.2) is 0 Å². The summed E-state index contributed by atoms with van der Waals surface area (Å²) in [4.78, 5) is 14.2. The average Bonchev–Trinajstić information content (AvgIpc) is 2.71. The van der Waals surface area contributed by atoms with Gasteiger partial charge in [0.1, 0.15) is 0 Å². The van der Waals surface area contributed by atoms with Gasteiger partial charge < -0.3 is 4.74 Å². The van der Waals surface area contributed by atoms with Crippen molar-refractivity contribution in [3.8, 4) is 0 Å². The number of nitrogens with zero attached hydrogens (tertiary/aromatic N) is 3. The number of hydrogen-bond acceptors (Lipinski definition) is 3. The van der Waals surface area contributed by atoms with Crippen LogP contribution >= 0.6 is 0 Å². The zero-order valence-electron chi connectivity index (χ0n) is 16.6. The molecule has 0 saturated heterocycles. The Bertz CT molecular complexity index is 602. The number of hydrogen-bond donors (Lipinski definition) is 0. The molecule has 1 saturated carbocycles. The van der Waals surface area contributed by atoms with Crippen LogP contribution < -0.4 is 0 Å². The molecule has 0 heterocycles. The number of unbranched alkanes of at least 4 members (excludes halogenated alkanes) is 1. The molecule has 1 aliphatic carbocycles. The van der Waals surface area contributed by atoms with Crippen LogP contribution in [-0.4, -0.2) is 13.1 Å². The first-order valence-corrected chi connectivity index (χ1v) is 10.4. The third-order valence-corrected chi connectivity index (χ3v) is 5.69. The van der Waals surface area contributed by atoms with Crippen LogP contribution in [0, 0.1) is 5.92 Å². The van der Waals surface area contributed by atoms with Crippen LogP contribution in [0.5, 0.6) is 0 Å². The number of methoxy groups -OCH3 is 1. The van der Waals surface area contributed by atoms with Crippen LogP contribution in [-0.2, 0) is 16.0 Å². The molecule has 2 rings (SSSR count). The van der Waals surface area contributed by atoms with Gasteiger partial charge in [-0.3, -0.25) is 4.79 Å². The van der Waals surface area contributed by atoms with Crippen LogP contribution in [0.1, 0.15) is 87.8 Å². The van der Waals surface area contributed by atoms with Gasteiger partial charge in [0.05, 0.1) is 13.2 Å². The van der Waals surface area contributed by atoms with E-state index in [9.17, 15) is 4.79 Å². The van der Waals surface area contributed by atoms with E-state index in [0.29, 0.717) is 6.42 Å². The van der Waals surface area contributed by atoms with Gasteiger partial charge in [0.2, 0.25) is 0 Å². The number of esters is 1. The van der Waals surface area contributed by atoms with Crippen molar-refractivity contribution in [1.29, 1.82) is 0 Å². The van der Waals surface area contributed by atoms with Gasteiger partial charge in [-0.25, -0.2) is 0 Å². The smallest absolute Gasteiger partial charge is 0.305 e. The number of carbonyl (C=O) groups is 1. The topological polar surface area (TPSA) is 75.1 Å². The highest BCUT2D eigenvalue weighted by molar-refractivity contribution is 5.69. The molecule has 5 heteroatoms. The number of rotatable bonds is 11. The number of carbonyl (C=O) groups excluding carboxylic acids is 1. The summed E-state index contributed by atoms with van der Waals surface area (Å²) in [5.74, 6) is 0.754. The maximum Gasteiger partial charge on any atom is 0.305 e. The molecule has 5 nitrogen and oxygen atoms in total. The molecule has 0 aliphatic heterocycles. The van der Waals surface area contributed by atoms with E-state index in [1.807, 2.05) is 0 Å². The summed E-state index contributed by atoms with van der Waals surface area (Å²) in [7, 11) is 1.42. The highest BCUT2D eigenvalue weighted by atomic mass is 16.5. The fourth-order valence-electron chi connectivity index (χ4n) is 4.05. The lowest BCUT2D eigenvalue weighted by molar-refractivity contribution is -0.140. The highest BCUT2D eigenvalue weighted by Crippen LogP contribution is 2.30. The van der Waals surface area contributed by atoms with Crippen LogP contribution in [0.25, 0.3) is 10.4 Å². The van der Waals surface area contributed by atoms with Crippen LogP contribution in [0.4, 0.5) is 0 Å². The quantitative estimate of drug-likeness (QED) is 0.143. The minimum Gasteiger partial charge on any atom is -0.469 e. The molecule has 0 N–H and O–H groups in total. The Hall–Kier alpha value is -2.00. The van der Waals surface area contributed by atoms with Crippen LogP contribution in [0.15, 0.2) is 29.4 Å². The van der Waals surface area contributed by atoms with E-state index >= 15 is 0 Å². The van der Waals surface area contributed by atoms with Crippen LogP contribution in [0.3, 0.4) is 0 Å². The first kappa shape index (κ1) is 21.3. The van der Waals surface area contributed by atoms with Crippen molar-refractivity contribution < 1.29 is 9.53 Å². The summed E-state index contributed by atoms with van der Waals surface area (Å²) in [5.41, 5.74) is 11.2. The SMILES string of the molecule is COC(=O)CCCc1ccc(C(CCCCC2CCCCC2)N=[N+]=[N-])cc1. The molecule has 0 spiro atoms. The van der Waals surface area contributed by atoms with Crippen molar-refractivity contribution in [2.24, 2.45) is 11.0 Å². The summed E-state index contributed by atoms with van der Waals surface area (Å²) < 4.78 is 4.67. The Balaban J connectivity index is 1.77. The highest BCUT2D eigenvalue weighted by Gasteiger charge is 2.14. The van der Waals surface area contributed by atoms with E-state index in [4.69, 9.17) is 5.53 Å². The minimum absolute atomic E-state index is 0.0783. The maximum atomic E-state index is 11.2. The monoisotopic (exact) mass is 371 g/mol. The number of ether oxygens (including phenoxy) is 1. The number of azide groups is 1. The molecule has 1 unspecified atom stereocenters. The Labute approximate surface area is 163 Å². The van der Waals surface area contributed by atoms with E-state index < -0.39 is 0 Å². The minimum atomic E-state index is -0.164. The van der Waals surface area contributed by atoms with Crippen molar-refractivity contribution in [3.05, 3.63) is 45.8 Å². The van der Waals surface area contributed by atoms with E-state index in [2.05, 4.69) is 39.0 Å². The maximum absolute atomic E-state index is 11.2. The molecule has 0 aromatic heterocycles. The van der Waals surface area contributed by atoms with Gasteiger partial charge in [-0.2, -0.15) is 0 Å². The molecule has 1 aromatic rings. The summed E-state index contributed by atoms with van der Waals surface area (Å²) in [6, 6.07) is 8.20. The van der Waals surface area contributed by atoms with Crippen molar-refractivity contribution in [2.45, 2.75) is 83.1 Å². The molecule has 0 amide bonds. The van der Waals surface area contributed by atoms with Gasteiger partial charge in [-0.1, -0.05) is 80.7 Å². The number of aryl methyl sites for hydroxylation is 1. The Morgan fingerprint density at radius 2 is 1.93 bits per heavy atom. The predicted octanol–water partition coefficient (Wildman–Crippen LogP) is 6.67. The van der Waals surface area contributed by atoms with Crippen molar-refractivity contribution in [1.82, 2.24) is 0 Å². The van der Waals surface area contributed by atoms with Gasteiger partial charge >= 0.3 is 5.97 Å². The van der Waals surface area contributed by atoms with Crippen molar-refractivity contribution in [2.75, 3.05) is 7.11 Å². The second-order valence-corrected chi connectivity index (χ2v) is 7.68. The first-order valence-electron chi connectivity index (χ1n) is 10.4. The largest absolute Gasteiger partial charge is 0.469 e. The number of benzene rings is 1. The van der Waals surface area contributed by atoms with Crippen LogP contribution in [0.2, 0.25) is 0 Å². The predicted molar refractivity (Wildman–Crippen MR) is 108 cm³/mol. The fraction of sp³-hybridized carbons (Fsp3) is 0.682. The summed E-state index contributed by atoms with van der Waals surface area (Å²) in [5, 5.41) is 4.02. The van der Waals surface area contributed by atoms with E-state index in [-0.39, 0.29) is 12.0 Å². The Morgan fingerprint density at radius 1 is 1.19 bits per heavy atom. The Morgan fingerprint density at radius 3 is 2.59 bits per heavy atom. The van der Waals surface area contributed by atoms with Crippen molar-refractivity contribution >= 4 is 5.97 Å². The summed E-state index contributed by atoms with van der Waals surface area (Å²) in [6.07, 6.45) is 13.7. The lowest BCUT2D eigenvalue weighted by atomic mass is 9.85. The standard InChI is InChI=1S/C22H33N3O2/c1-27-22(26)13-7-11-19-14-16-20(17-15-19)21(24-25-23)12-6-5-10-18-8-3-2-4-9-18/h14-18,21H,2-13H2,1H3. The van der Waals surface area contributed by atoms with Gasteiger partial charge in [0, 0.05) is 11.3 Å². The average molecular weight is 372 g/mol. The zero-order valence-corrected chi connectivity index (χ0v) is 16.6. The molecule has 148 valence electrons. The molecule has 27 heavy (non-hydrogen) atoms. The molecule has 0 radical (unpaired) electrons. The molecule has 0 bridgehead atoms. The normalized spacial score (nSPS) is 15.7. The Kier molecular flexibility index (Phi) is 9.78. The molecule has 1 aromatic carbocycles. The lowest BCUT2D eigenvalue weighted by Crippen LogP contribution is -2.06. The second-order valence-electron chi connectivity index (χ2n) is 7.68. The first-order chi connectivity index (χ1) is 13.2. The van der Waals surface area contributed by atoms with E-state index in [0.717, 1.165) is 37.2 Å². The third kappa shape index (κ3) is 8.04. The molecule has 1 atom stereocenters. The second kappa shape index (κ2) is 12.4. The van der Waals surface area contributed by atoms with Crippen molar-refractivity contribution in [3.63, 3.8) is 0 Å². The molecule has 1 fully saturated rings. The van der Waals surface area contributed by atoms with E-state index in [1.165, 1.54) is 57.6 Å². The van der Waals surface area contributed by atoms with Gasteiger partial charge in [-0.05, 0) is 41.8 Å². The summed E-state index contributed by atoms with van der Waals surface area (Å²) in [6.45, 7) is 0.